The van der Waals surface area contributed by atoms with E-state index in [4.69, 9.17) is 10.8 Å². The fourth-order valence-corrected chi connectivity index (χ4v) is 3.58. The molecular weight excluding hydrogens is 504 g/mol. The van der Waals surface area contributed by atoms with Crippen LogP contribution in [0.2, 0.25) is 0 Å². The molecule has 0 aliphatic heterocycles. The second-order valence-corrected chi connectivity index (χ2v) is 8.58. The molecule has 1 heterocycles. The first-order valence-corrected chi connectivity index (χ1v) is 12.0. The Morgan fingerprint density at radius 2 is 1.54 bits per heavy atom. The molecule has 1 aromatic heterocycles. The molecule has 200 valence electrons. The summed E-state index contributed by atoms with van der Waals surface area (Å²) in [6, 6.07) is 4.14. The lowest BCUT2D eigenvalue weighted by molar-refractivity contribution is -0.142. The van der Waals surface area contributed by atoms with Gasteiger partial charge >= 0.3 is 11.9 Å². The lowest BCUT2D eigenvalue weighted by Gasteiger charge is -2.24. The molecule has 0 aliphatic carbocycles. The number of nitrogens with one attached hydrogen (secondary N) is 4. The van der Waals surface area contributed by atoms with E-state index < -0.39 is 60.2 Å². The molecule has 1 aromatic carbocycles. The van der Waals surface area contributed by atoms with Gasteiger partial charge in [-0.3, -0.25) is 19.2 Å². The number of H-pyrrole nitrogens is 1. The van der Waals surface area contributed by atoms with Crippen molar-refractivity contribution in [2.75, 3.05) is 5.75 Å². The Labute approximate surface area is 218 Å². The first-order valence-electron chi connectivity index (χ1n) is 11.3. The summed E-state index contributed by atoms with van der Waals surface area (Å²) < 4.78 is 0. The van der Waals surface area contributed by atoms with Gasteiger partial charge in [0.2, 0.25) is 17.7 Å². The first-order chi connectivity index (χ1) is 17.6. The standard InChI is InChI=1S/C23H30N6O7S/c24-15(8-13-4-2-1-3-5-13)20(32)28-17(9-14-10-25-12-26-14)22(34)27-16(6-7-19(30)31)21(33)29-18(11-37)23(35)36/h1-5,10,12,15-18,37H,6-9,11,24H2,(H,25,26)(H,27,34)(H,28,32)(H,29,33)(H,30,31)(H,35,36). The minimum Gasteiger partial charge on any atom is -0.481 e. The number of nitrogens with zero attached hydrogens (tertiary/aromatic N) is 1. The van der Waals surface area contributed by atoms with Gasteiger partial charge in [0.05, 0.1) is 12.4 Å². The van der Waals surface area contributed by atoms with E-state index in [0.29, 0.717) is 5.69 Å². The number of carbonyl (C=O) groups is 5. The number of carbonyl (C=O) groups excluding carboxylic acids is 3. The van der Waals surface area contributed by atoms with Crippen LogP contribution in [0, 0.1) is 0 Å². The Morgan fingerprint density at radius 1 is 0.919 bits per heavy atom. The first kappa shape index (κ1) is 29.3. The molecule has 0 bridgehead atoms. The van der Waals surface area contributed by atoms with Gasteiger partial charge in [-0.1, -0.05) is 30.3 Å². The van der Waals surface area contributed by atoms with Crippen LogP contribution < -0.4 is 21.7 Å². The van der Waals surface area contributed by atoms with Crippen LogP contribution in [0.4, 0.5) is 0 Å². The fraction of sp³-hybridized carbons (Fsp3) is 0.391. The lowest BCUT2D eigenvalue weighted by atomic mass is 10.0. The topological polar surface area (TPSA) is 217 Å². The largest absolute Gasteiger partial charge is 0.481 e. The number of imidazole rings is 1. The van der Waals surface area contributed by atoms with Crippen molar-refractivity contribution in [3.63, 3.8) is 0 Å². The van der Waals surface area contributed by atoms with Crippen LogP contribution >= 0.6 is 12.6 Å². The molecule has 37 heavy (non-hydrogen) atoms. The number of carboxylic acid groups (broad SMARTS) is 2. The number of hydrogen-bond acceptors (Lipinski definition) is 8. The highest BCUT2D eigenvalue weighted by molar-refractivity contribution is 7.80. The third-order valence-electron chi connectivity index (χ3n) is 5.32. The quantitative estimate of drug-likeness (QED) is 0.129. The van der Waals surface area contributed by atoms with Gasteiger partial charge < -0.3 is 36.9 Å². The maximum atomic E-state index is 13.2. The second kappa shape index (κ2) is 14.6. The normalized spacial score (nSPS) is 14.0. The number of aromatic amines is 1. The molecule has 0 fully saturated rings. The Hall–Kier alpha value is -3.91. The summed E-state index contributed by atoms with van der Waals surface area (Å²) in [6.07, 6.45) is 2.24. The molecule has 4 atom stereocenters. The van der Waals surface area contributed by atoms with E-state index >= 15 is 0 Å². The number of thiol groups is 1. The van der Waals surface area contributed by atoms with Gasteiger partial charge in [0, 0.05) is 30.5 Å². The minimum absolute atomic E-state index is 0.0305. The molecule has 13 nitrogen and oxygen atoms in total. The Kier molecular flexibility index (Phi) is 11.6. The molecule has 8 N–H and O–H groups in total. The summed E-state index contributed by atoms with van der Waals surface area (Å²) in [5.74, 6) is -5.09. The summed E-state index contributed by atoms with van der Waals surface area (Å²) >= 11 is 3.88. The number of benzene rings is 1. The number of amides is 3. The Morgan fingerprint density at radius 3 is 2.11 bits per heavy atom. The van der Waals surface area contributed by atoms with Gasteiger partial charge in [-0.05, 0) is 18.4 Å². The van der Waals surface area contributed by atoms with Crippen LogP contribution in [0.1, 0.15) is 24.1 Å². The van der Waals surface area contributed by atoms with Crippen LogP contribution in [0.3, 0.4) is 0 Å². The van der Waals surface area contributed by atoms with Gasteiger partial charge in [-0.2, -0.15) is 12.6 Å². The van der Waals surface area contributed by atoms with Gasteiger partial charge in [0.1, 0.15) is 18.1 Å². The van der Waals surface area contributed by atoms with Crippen molar-refractivity contribution in [1.82, 2.24) is 25.9 Å². The molecule has 2 rings (SSSR count). The second-order valence-electron chi connectivity index (χ2n) is 8.21. The third-order valence-corrected chi connectivity index (χ3v) is 5.69. The van der Waals surface area contributed by atoms with E-state index in [9.17, 15) is 29.1 Å². The molecule has 14 heteroatoms. The molecule has 0 saturated carbocycles. The van der Waals surface area contributed by atoms with E-state index in [1.165, 1.54) is 12.5 Å². The van der Waals surface area contributed by atoms with Gasteiger partial charge in [0.15, 0.2) is 0 Å². The van der Waals surface area contributed by atoms with Crippen molar-refractivity contribution in [3.8, 4) is 0 Å². The molecule has 3 amide bonds. The summed E-state index contributed by atoms with van der Waals surface area (Å²) in [4.78, 5) is 67.7. The van der Waals surface area contributed by atoms with Gasteiger partial charge in [-0.25, -0.2) is 9.78 Å². The lowest BCUT2D eigenvalue weighted by Crippen LogP contribution is -2.58. The van der Waals surface area contributed by atoms with Crippen molar-refractivity contribution in [1.29, 1.82) is 0 Å². The molecule has 4 unspecified atom stereocenters. The number of nitrogens with two attached hydrogens (primary N) is 1. The van der Waals surface area contributed by atoms with E-state index in [-0.39, 0.29) is 25.0 Å². The number of aromatic nitrogens is 2. The minimum atomic E-state index is -1.38. The molecule has 0 aliphatic rings. The molecule has 0 radical (unpaired) electrons. The predicted octanol–water partition coefficient (Wildman–Crippen LogP) is -1.14. The van der Waals surface area contributed by atoms with E-state index in [0.717, 1.165) is 5.56 Å². The number of rotatable bonds is 15. The summed E-state index contributed by atoms with van der Waals surface area (Å²) in [7, 11) is 0. The van der Waals surface area contributed by atoms with Crippen LogP contribution in [-0.4, -0.2) is 79.8 Å². The Bertz CT molecular complexity index is 1070. The van der Waals surface area contributed by atoms with Crippen LogP contribution in [0.15, 0.2) is 42.9 Å². The molecule has 0 saturated heterocycles. The van der Waals surface area contributed by atoms with Crippen LogP contribution in [-0.2, 0) is 36.8 Å². The average molecular weight is 535 g/mol. The van der Waals surface area contributed by atoms with Crippen LogP contribution in [0.5, 0.6) is 0 Å². The maximum Gasteiger partial charge on any atom is 0.327 e. The zero-order chi connectivity index (χ0) is 27.4. The molecule has 2 aromatic rings. The average Bonchev–Trinajstić information content (AvgIpc) is 3.37. The van der Waals surface area contributed by atoms with Crippen molar-refractivity contribution in [2.45, 2.75) is 49.9 Å². The Balaban J connectivity index is 2.17. The summed E-state index contributed by atoms with van der Waals surface area (Å²) in [6.45, 7) is 0. The van der Waals surface area contributed by atoms with Crippen molar-refractivity contribution < 1.29 is 34.2 Å². The zero-order valence-corrected chi connectivity index (χ0v) is 20.7. The highest BCUT2D eigenvalue weighted by atomic mass is 32.1. The van der Waals surface area contributed by atoms with Crippen molar-refractivity contribution in [3.05, 3.63) is 54.1 Å². The SMILES string of the molecule is NC(Cc1ccccc1)C(=O)NC(Cc1cnc[nH]1)C(=O)NC(CCC(=O)O)C(=O)NC(CS)C(=O)O. The van der Waals surface area contributed by atoms with Gasteiger partial charge in [-0.15, -0.1) is 0 Å². The van der Waals surface area contributed by atoms with Crippen molar-refractivity contribution >= 4 is 42.3 Å². The third kappa shape index (κ3) is 9.93. The smallest absolute Gasteiger partial charge is 0.327 e. The molecular formula is C23H30N6O7S. The predicted molar refractivity (Wildman–Crippen MR) is 135 cm³/mol. The zero-order valence-electron chi connectivity index (χ0n) is 19.8. The van der Waals surface area contributed by atoms with Gasteiger partial charge in [0.25, 0.3) is 0 Å². The van der Waals surface area contributed by atoms with E-state index in [2.05, 4.69) is 38.5 Å². The monoisotopic (exact) mass is 534 g/mol. The maximum absolute atomic E-state index is 13.2. The summed E-state index contributed by atoms with van der Waals surface area (Å²) in [5.41, 5.74) is 7.37. The summed E-state index contributed by atoms with van der Waals surface area (Å²) in [5, 5.41) is 25.4. The number of aliphatic carboxylic acids is 2. The fourth-order valence-electron chi connectivity index (χ4n) is 3.33. The van der Waals surface area contributed by atoms with E-state index in [1.54, 1.807) is 12.1 Å². The van der Waals surface area contributed by atoms with E-state index in [1.807, 2.05) is 18.2 Å². The number of carboxylic acids is 2. The van der Waals surface area contributed by atoms with Crippen LogP contribution in [0.25, 0.3) is 0 Å². The highest BCUT2D eigenvalue weighted by Crippen LogP contribution is 2.06. The highest BCUT2D eigenvalue weighted by Gasteiger charge is 2.30. The molecule has 0 spiro atoms. The van der Waals surface area contributed by atoms with Crippen molar-refractivity contribution in [2.24, 2.45) is 5.73 Å². The number of hydrogen-bond donors (Lipinski definition) is 8.